The fourth-order valence-corrected chi connectivity index (χ4v) is 2.16. The highest BCUT2D eigenvalue weighted by molar-refractivity contribution is 6.60. The average Bonchev–Trinajstić information content (AvgIpc) is 2.46. The Kier molecular flexibility index (Phi) is 4.37. The van der Waals surface area contributed by atoms with Gasteiger partial charge >= 0.3 is 7.12 Å². The molecule has 0 unspecified atom stereocenters. The maximum atomic E-state index is 12.0. The van der Waals surface area contributed by atoms with E-state index in [4.69, 9.17) is 0 Å². The van der Waals surface area contributed by atoms with E-state index in [1.165, 1.54) is 0 Å². The molecule has 0 saturated carbocycles. The standard InChI is InChI=1S/C16H17BO3/c1-11(2)16(18)13-7-5-6-12(10-13)14-8-3-4-9-15(14)17(19)20/h3-11,19-20H,1-2H3. The van der Waals surface area contributed by atoms with Gasteiger partial charge in [0.15, 0.2) is 5.78 Å². The first kappa shape index (κ1) is 14.5. The Balaban J connectivity index is 2.49. The van der Waals surface area contributed by atoms with Crippen molar-refractivity contribution in [2.45, 2.75) is 13.8 Å². The van der Waals surface area contributed by atoms with Crippen molar-refractivity contribution in [3.8, 4) is 11.1 Å². The van der Waals surface area contributed by atoms with Gasteiger partial charge in [-0.1, -0.05) is 56.3 Å². The van der Waals surface area contributed by atoms with Gasteiger partial charge in [-0.25, -0.2) is 0 Å². The first-order chi connectivity index (χ1) is 9.50. The third kappa shape index (κ3) is 2.98. The van der Waals surface area contributed by atoms with Crippen LogP contribution in [0.5, 0.6) is 0 Å². The van der Waals surface area contributed by atoms with Crippen molar-refractivity contribution in [3.05, 3.63) is 54.1 Å². The van der Waals surface area contributed by atoms with E-state index >= 15 is 0 Å². The molecule has 2 aromatic rings. The number of ketones is 1. The topological polar surface area (TPSA) is 57.5 Å². The molecule has 0 bridgehead atoms. The van der Waals surface area contributed by atoms with E-state index in [9.17, 15) is 14.8 Å². The average molecular weight is 268 g/mol. The maximum Gasteiger partial charge on any atom is 0.489 e. The smallest absolute Gasteiger partial charge is 0.423 e. The van der Waals surface area contributed by atoms with Crippen LogP contribution < -0.4 is 5.46 Å². The van der Waals surface area contributed by atoms with E-state index in [2.05, 4.69) is 0 Å². The summed E-state index contributed by atoms with van der Waals surface area (Å²) in [4.78, 5) is 12.0. The third-order valence-electron chi connectivity index (χ3n) is 3.22. The molecule has 4 heteroatoms. The number of hydrogen-bond donors (Lipinski definition) is 2. The lowest BCUT2D eigenvalue weighted by molar-refractivity contribution is 0.0939. The number of carbonyl (C=O) groups excluding carboxylic acids is 1. The van der Waals surface area contributed by atoms with Gasteiger partial charge in [-0.15, -0.1) is 0 Å². The Morgan fingerprint density at radius 2 is 1.75 bits per heavy atom. The quantitative estimate of drug-likeness (QED) is 0.657. The Morgan fingerprint density at radius 3 is 2.40 bits per heavy atom. The normalized spacial score (nSPS) is 10.7. The van der Waals surface area contributed by atoms with Crippen LogP contribution in [-0.4, -0.2) is 22.9 Å². The van der Waals surface area contributed by atoms with Crippen LogP contribution in [0.3, 0.4) is 0 Å². The van der Waals surface area contributed by atoms with Crippen LogP contribution in [0.1, 0.15) is 24.2 Å². The molecule has 2 N–H and O–H groups in total. The molecule has 0 aliphatic heterocycles. The first-order valence-corrected chi connectivity index (χ1v) is 6.60. The predicted molar refractivity (Wildman–Crippen MR) is 80.9 cm³/mol. The molecule has 0 spiro atoms. The number of benzene rings is 2. The molecule has 3 nitrogen and oxygen atoms in total. The summed E-state index contributed by atoms with van der Waals surface area (Å²) in [6.07, 6.45) is 0. The highest BCUT2D eigenvalue weighted by Crippen LogP contribution is 2.20. The van der Waals surface area contributed by atoms with Crippen LogP contribution in [-0.2, 0) is 0 Å². The molecule has 0 amide bonds. The molecule has 20 heavy (non-hydrogen) atoms. The minimum Gasteiger partial charge on any atom is -0.423 e. The van der Waals surface area contributed by atoms with Crippen LogP contribution >= 0.6 is 0 Å². The molecule has 0 aliphatic carbocycles. The molecule has 0 aliphatic rings. The number of hydrogen-bond acceptors (Lipinski definition) is 3. The van der Waals surface area contributed by atoms with E-state index in [0.29, 0.717) is 11.0 Å². The minimum absolute atomic E-state index is 0.0658. The van der Waals surface area contributed by atoms with Gasteiger partial charge in [0.05, 0.1) is 0 Å². The maximum absolute atomic E-state index is 12.0. The van der Waals surface area contributed by atoms with Crippen LogP contribution in [0.15, 0.2) is 48.5 Å². The van der Waals surface area contributed by atoms with Crippen molar-refractivity contribution in [2.75, 3.05) is 0 Å². The lowest BCUT2D eigenvalue weighted by atomic mass is 9.75. The Bertz CT molecular complexity index is 621. The van der Waals surface area contributed by atoms with Gasteiger partial charge in [-0.3, -0.25) is 4.79 Å². The summed E-state index contributed by atoms with van der Waals surface area (Å²) in [7, 11) is -1.53. The summed E-state index contributed by atoms with van der Waals surface area (Å²) in [5.41, 5.74) is 2.60. The fourth-order valence-electron chi connectivity index (χ4n) is 2.16. The van der Waals surface area contributed by atoms with Gasteiger partial charge in [0, 0.05) is 11.5 Å². The van der Waals surface area contributed by atoms with Gasteiger partial charge in [-0.2, -0.15) is 0 Å². The monoisotopic (exact) mass is 268 g/mol. The van der Waals surface area contributed by atoms with Gasteiger partial charge in [0.2, 0.25) is 0 Å². The summed E-state index contributed by atoms with van der Waals surface area (Å²) in [5, 5.41) is 18.8. The van der Waals surface area contributed by atoms with E-state index in [-0.39, 0.29) is 11.7 Å². The van der Waals surface area contributed by atoms with Crippen LogP contribution in [0, 0.1) is 5.92 Å². The van der Waals surface area contributed by atoms with Crippen LogP contribution in [0.25, 0.3) is 11.1 Å². The largest absolute Gasteiger partial charge is 0.489 e. The van der Waals surface area contributed by atoms with Crippen molar-refractivity contribution in [1.29, 1.82) is 0 Å². The second-order valence-corrected chi connectivity index (χ2v) is 5.06. The minimum atomic E-state index is -1.53. The molecule has 0 aromatic heterocycles. The molecular weight excluding hydrogens is 251 g/mol. The van der Waals surface area contributed by atoms with E-state index in [0.717, 1.165) is 11.1 Å². The highest BCUT2D eigenvalue weighted by Gasteiger charge is 2.17. The van der Waals surface area contributed by atoms with Crippen LogP contribution in [0.4, 0.5) is 0 Å². The lowest BCUT2D eigenvalue weighted by Crippen LogP contribution is -2.31. The first-order valence-electron chi connectivity index (χ1n) is 6.60. The lowest BCUT2D eigenvalue weighted by Gasteiger charge is -2.11. The molecule has 102 valence electrons. The van der Waals surface area contributed by atoms with Gasteiger partial charge in [0.1, 0.15) is 0 Å². The molecular formula is C16H17BO3. The predicted octanol–water partition coefficient (Wildman–Crippen LogP) is 1.87. The van der Waals surface area contributed by atoms with Gasteiger partial charge < -0.3 is 10.0 Å². The highest BCUT2D eigenvalue weighted by atomic mass is 16.4. The van der Waals surface area contributed by atoms with E-state index < -0.39 is 7.12 Å². The van der Waals surface area contributed by atoms with Crippen molar-refractivity contribution in [1.82, 2.24) is 0 Å². The van der Waals surface area contributed by atoms with Crippen molar-refractivity contribution >= 4 is 18.4 Å². The molecule has 0 saturated heterocycles. The second-order valence-electron chi connectivity index (χ2n) is 5.06. The van der Waals surface area contributed by atoms with Gasteiger partial charge in [-0.05, 0) is 22.7 Å². The summed E-state index contributed by atoms with van der Waals surface area (Å²) >= 11 is 0. The van der Waals surface area contributed by atoms with Crippen molar-refractivity contribution in [2.24, 2.45) is 5.92 Å². The zero-order chi connectivity index (χ0) is 14.7. The third-order valence-corrected chi connectivity index (χ3v) is 3.22. The molecule has 0 fully saturated rings. The Labute approximate surface area is 119 Å². The van der Waals surface area contributed by atoms with Gasteiger partial charge in [0.25, 0.3) is 0 Å². The van der Waals surface area contributed by atoms with Crippen molar-refractivity contribution in [3.63, 3.8) is 0 Å². The summed E-state index contributed by atoms with van der Waals surface area (Å²) < 4.78 is 0. The summed E-state index contributed by atoms with van der Waals surface area (Å²) in [6, 6.07) is 14.3. The summed E-state index contributed by atoms with van der Waals surface area (Å²) in [6.45, 7) is 3.72. The number of Topliss-reactive ketones (excluding diaryl/α,β-unsaturated/α-hetero) is 1. The summed E-state index contributed by atoms with van der Waals surface area (Å²) in [5.74, 6) is 0.0119. The van der Waals surface area contributed by atoms with Crippen molar-refractivity contribution < 1.29 is 14.8 Å². The Morgan fingerprint density at radius 1 is 1.05 bits per heavy atom. The SMILES string of the molecule is CC(C)C(=O)c1cccc(-c2ccccc2B(O)O)c1. The molecule has 0 radical (unpaired) electrons. The van der Waals surface area contributed by atoms with Crippen LogP contribution in [0.2, 0.25) is 0 Å². The second kappa shape index (κ2) is 6.03. The fraction of sp³-hybridized carbons (Fsp3) is 0.188. The molecule has 2 rings (SSSR count). The Hall–Kier alpha value is -1.91. The zero-order valence-corrected chi connectivity index (χ0v) is 11.6. The number of carbonyl (C=O) groups is 1. The zero-order valence-electron chi connectivity index (χ0n) is 11.6. The van der Waals surface area contributed by atoms with E-state index in [1.807, 2.05) is 38.1 Å². The molecule has 0 atom stereocenters. The van der Waals surface area contributed by atoms with E-state index in [1.54, 1.807) is 24.3 Å². The molecule has 0 heterocycles. The number of rotatable bonds is 4. The molecule has 2 aromatic carbocycles.